The molecule has 18 heteroatoms. The zero-order chi connectivity index (χ0) is 42.8. The standard InChI is InChI=1S/C42H36N6O12/c1-3-57-41(51)37-35(25-45(43-37)29-9-7-11-31(23-29)47(53)54)39(49)27-13-17-33(18-14-27)59-21-5-6-22-60-34-19-15-28(16-20-34)40(50)36-26-46(44-38(36)42(52)58-4-2)30-10-8-12-32(24-30)48(55)56/h7-20,23-26H,3-6,21-22H2,1-2H3. The predicted octanol–water partition coefficient (Wildman–Crippen LogP) is 6.93. The highest BCUT2D eigenvalue weighted by Gasteiger charge is 2.27. The monoisotopic (exact) mass is 816 g/mol. The van der Waals surface area contributed by atoms with E-state index in [-0.39, 0.29) is 69.6 Å². The topological polar surface area (TPSA) is 227 Å². The van der Waals surface area contributed by atoms with E-state index in [0.29, 0.717) is 37.6 Å². The van der Waals surface area contributed by atoms with Gasteiger partial charge in [-0.05, 0) is 87.4 Å². The van der Waals surface area contributed by atoms with E-state index in [1.165, 1.54) is 58.2 Å². The van der Waals surface area contributed by atoms with Crippen molar-refractivity contribution in [2.24, 2.45) is 0 Å². The van der Waals surface area contributed by atoms with Crippen LogP contribution in [0.5, 0.6) is 11.5 Å². The summed E-state index contributed by atoms with van der Waals surface area (Å²) >= 11 is 0. The number of aromatic nitrogens is 4. The van der Waals surface area contributed by atoms with Gasteiger partial charge in [0.25, 0.3) is 11.4 Å². The van der Waals surface area contributed by atoms with Gasteiger partial charge in [-0.3, -0.25) is 29.8 Å². The summed E-state index contributed by atoms with van der Waals surface area (Å²) < 4.78 is 24.3. The van der Waals surface area contributed by atoms with Crippen molar-refractivity contribution in [1.82, 2.24) is 19.6 Å². The Balaban J connectivity index is 1.01. The number of ketones is 2. The lowest BCUT2D eigenvalue weighted by molar-refractivity contribution is -0.385. The van der Waals surface area contributed by atoms with Crippen LogP contribution in [0.1, 0.15) is 79.5 Å². The number of benzene rings is 4. The van der Waals surface area contributed by atoms with Crippen LogP contribution in [0.25, 0.3) is 11.4 Å². The van der Waals surface area contributed by atoms with Gasteiger partial charge in [0, 0.05) is 47.8 Å². The number of hydrogen-bond acceptors (Lipinski definition) is 14. The van der Waals surface area contributed by atoms with Crippen LogP contribution in [0.4, 0.5) is 11.4 Å². The minimum Gasteiger partial charge on any atom is -0.494 e. The minimum absolute atomic E-state index is 0.0366. The van der Waals surface area contributed by atoms with E-state index in [1.807, 2.05) is 0 Å². The molecule has 6 aromatic rings. The first-order chi connectivity index (χ1) is 29.0. The van der Waals surface area contributed by atoms with Gasteiger partial charge in [0.05, 0.1) is 58.8 Å². The van der Waals surface area contributed by atoms with E-state index in [4.69, 9.17) is 18.9 Å². The third-order valence-electron chi connectivity index (χ3n) is 8.77. The smallest absolute Gasteiger partial charge is 0.359 e. The summed E-state index contributed by atoms with van der Waals surface area (Å²) in [5.41, 5.74) is 0.176. The first-order valence-electron chi connectivity index (χ1n) is 18.6. The summed E-state index contributed by atoms with van der Waals surface area (Å²) in [4.78, 5) is 73.9. The van der Waals surface area contributed by atoms with E-state index in [1.54, 1.807) is 74.5 Å². The van der Waals surface area contributed by atoms with Crippen molar-refractivity contribution in [3.63, 3.8) is 0 Å². The number of rotatable bonds is 19. The number of nitro benzene ring substituents is 2. The molecule has 18 nitrogen and oxygen atoms in total. The van der Waals surface area contributed by atoms with Crippen LogP contribution < -0.4 is 9.47 Å². The second-order valence-electron chi connectivity index (χ2n) is 12.8. The quantitative estimate of drug-likeness (QED) is 0.0266. The van der Waals surface area contributed by atoms with Crippen molar-refractivity contribution >= 4 is 34.9 Å². The van der Waals surface area contributed by atoms with Crippen LogP contribution in [-0.4, -0.2) is 79.3 Å². The molecule has 60 heavy (non-hydrogen) atoms. The number of non-ortho nitro benzene ring substituents is 2. The molecule has 6 rings (SSSR count). The Morgan fingerprint density at radius 2 is 0.967 bits per heavy atom. The maximum absolute atomic E-state index is 13.5. The molecule has 0 saturated carbocycles. The fourth-order valence-corrected chi connectivity index (χ4v) is 5.84. The van der Waals surface area contributed by atoms with Gasteiger partial charge in [-0.1, -0.05) is 12.1 Å². The van der Waals surface area contributed by atoms with Crippen LogP contribution in [0.3, 0.4) is 0 Å². The van der Waals surface area contributed by atoms with E-state index < -0.39 is 33.4 Å². The number of carbonyl (C=O) groups is 4. The third-order valence-corrected chi connectivity index (χ3v) is 8.77. The summed E-state index contributed by atoms with van der Waals surface area (Å²) in [5, 5.41) is 31.0. The normalized spacial score (nSPS) is 10.8. The van der Waals surface area contributed by atoms with Crippen LogP contribution in [0.2, 0.25) is 0 Å². The number of hydrogen-bond donors (Lipinski definition) is 0. The van der Waals surface area contributed by atoms with Crippen molar-refractivity contribution in [3.8, 4) is 22.9 Å². The lowest BCUT2D eigenvalue weighted by Crippen LogP contribution is -2.12. The molecule has 2 heterocycles. The Labute approximate surface area is 341 Å². The molecule has 0 saturated heterocycles. The maximum atomic E-state index is 13.5. The van der Waals surface area contributed by atoms with Gasteiger partial charge >= 0.3 is 11.9 Å². The third kappa shape index (κ3) is 9.74. The molecule has 0 N–H and O–H groups in total. The number of carbonyl (C=O) groups excluding carboxylic acids is 4. The van der Waals surface area contributed by atoms with Crippen molar-refractivity contribution in [1.29, 1.82) is 0 Å². The zero-order valence-corrected chi connectivity index (χ0v) is 32.2. The molecule has 2 aromatic heterocycles. The van der Waals surface area contributed by atoms with E-state index >= 15 is 0 Å². The van der Waals surface area contributed by atoms with Gasteiger partial charge in [-0.25, -0.2) is 19.0 Å². The molecule has 0 atom stereocenters. The van der Waals surface area contributed by atoms with E-state index in [0.717, 1.165) is 0 Å². The Morgan fingerprint density at radius 3 is 1.32 bits per heavy atom. The molecule has 0 amide bonds. The molecule has 0 bridgehead atoms. The molecule has 0 spiro atoms. The van der Waals surface area contributed by atoms with Crippen LogP contribution in [-0.2, 0) is 9.47 Å². The van der Waals surface area contributed by atoms with Crippen LogP contribution in [0.15, 0.2) is 109 Å². The molecule has 0 unspecified atom stereocenters. The second kappa shape index (κ2) is 18.9. The van der Waals surface area contributed by atoms with Crippen LogP contribution >= 0.6 is 0 Å². The molecule has 4 aromatic carbocycles. The number of nitro groups is 2. The Morgan fingerprint density at radius 1 is 0.583 bits per heavy atom. The number of ether oxygens (including phenoxy) is 4. The fraction of sp³-hybridized carbons (Fsp3) is 0.190. The van der Waals surface area contributed by atoms with Gasteiger partial charge in [0.15, 0.2) is 23.0 Å². The molecule has 0 aliphatic rings. The number of nitrogens with zero attached hydrogens (tertiary/aromatic N) is 6. The summed E-state index contributed by atoms with van der Waals surface area (Å²) in [5.74, 6) is -1.62. The van der Waals surface area contributed by atoms with Crippen molar-refractivity contribution in [2.45, 2.75) is 26.7 Å². The Kier molecular flexibility index (Phi) is 13.1. The summed E-state index contributed by atoms with van der Waals surface area (Å²) in [7, 11) is 0. The van der Waals surface area contributed by atoms with Crippen molar-refractivity contribution in [3.05, 3.63) is 163 Å². The average Bonchev–Trinajstić information content (AvgIpc) is 3.92. The summed E-state index contributed by atoms with van der Waals surface area (Å²) in [6, 6.07) is 23.9. The largest absolute Gasteiger partial charge is 0.494 e. The first kappa shape index (κ1) is 41.6. The molecule has 0 radical (unpaired) electrons. The minimum atomic E-state index is -0.810. The highest BCUT2D eigenvalue weighted by molar-refractivity contribution is 6.14. The molecule has 306 valence electrons. The molecule has 0 aliphatic carbocycles. The average molecular weight is 817 g/mol. The SMILES string of the molecule is CCOC(=O)c1nn(-c2cccc([N+](=O)[O-])c2)cc1C(=O)c1ccc(OCCCCOc2ccc(C(=O)c3cn(-c4cccc([N+](=O)[O-])c4)nc3C(=O)OCC)cc2)cc1. The zero-order valence-electron chi connectivity index (χ0n) is 32.2. The highest BCUT2D eigenvalue weighted by atomic mass is 16.6. The lowest BCUT2D eigenvalue weighted by atomic mass is 10.0. The molecular formula is C42H36N6O12. The molecular weight excluding hydrogens is 780 g/mol. The predicted molar refractivity (Wildman–Crippen MR) is 212 cm³/mol. The van der Waals surface area contributed by atoms with Crippen LogP contribution in [0, 0.1) is 20.2 Å². The lowest BCUT2D eigenvalue weighted by Gasteiger charge is -2.09. The van der Waals surface area contributed by atoms with E-state index in [9.17, 15) is 39.4 Å². The Hall–Kier alpha value is -8.02. The number of esters is 2. The van der Waals surface area contributed by atoms with Gasteiger partial charge in [-0.2, -0.15) is 10.2 Å². The molecule has 0 aliphatic heterocycles. The summed E-state index contributed by atoms with van der Waals surface area (Å²) in [6.45, 7) is 4.03. The van der Waals surface area contributed by atoms with Crippen molar-refractivity contribution in [2.75, 3.05) is 26.4 Å². The number of unbranched alkanes of at least 4 members (excludes halogenated alkanes) is 1. The molecule has 0 fully saturated rings. The van der Waals surface area contributed by atoms with E-state index in [2.05, 4.69) is 10.2 Å². The second-order valence-corrected chi connectivity index (χ2v) is 12.8. The first-order valence-corrected chi connectivity index (χ1v) is 18.6. The van der Waals surface area contributed by atoms with Gasteiger partial charge in [0.1, 0.15) is 11.5 Å². The Bertz CT molecular complexity index is 2390. The fourth-order valence-electron chi connectivity index (χ4n) is 5.84. The van der Waals surface area contributed by atoms with Gasteiger partial charge < -0.3 is 18.9 Å². The van der Waals surface area contributed by atoms with Gasteiger partial charge in [-0.15, -0.1) is 0 Å². The highest BCUT2D eigenvalue weighted by Crippen LogP contribution is 2.24. The summed E-state index contributed by atoms with van der Waals surface area (Å²) in [6.07, 6.45) is 3.92. The van der Waals surface area contributed by atoms with Gasteiger partial charge in [0.2, 0.25) is 0 Å². The van der Waals surface area contributed by atoms with Crippen molar-refractivity contribution < 1.29 is 48.0 Å². The maximum Gasteiger partial charge on any atom is 0.359 e.